The van der Waals surface area contributed by atoms with Gasteiger partial charge in [-0.25, -0.2) is 0 Å². The smallest absolute Gasteiger partial charge is 0.0273 e. The van der Waals surface area contributed by atoms with Crippen LogP contribution in [0.1, 0.15) is 27.7 Å². The molecule has 0 aliphatic heterocycles. The van der Waals surface area contributed by atoms with Crippen LogP contribution in [-0.4, -0.2) is 16.5 Å². The van der Waals surface area contributed by atoms with Crippen molar-refractivity contribution in [3.63, 3.8) is 0 Å². The van der Waals surface area contributed by atoms with Crippen LogP contribution in [0.4, 0.5) is 0 Å². The minimum absolute atomic E-state index is 0.352. The van der Waals surface area contributed by atoms with E-state index in [0.29, 0.717) is 10.8 Å². The Balaban J connectivity index is 3.36. The van der Waals surface area contributed by atoms with E-state index in [1.807, 2.05) is 11.8 Å². The van der Waals surface area contributed by atoms with Gasteiger partial charge in [-0.05, 0) is 6.92 Å². The number of hydrazine groups is 1. The Labute approximate surface area is 67.9 Å². The summed E-state index contributed by atoms with van der Waals surface area (Å²) in [5, 5.41) is 0. The molecule has 0 saturated heterocycles. The lowest BCUT2D eigenvalue weighted by molar-refractivity contribution is 0.622. The van der Waals surface area contributed by atoms with Crippen LogP contribution in [-0.2, 0) is 0 Å². The van der Waals surface area contributed by atoms with Crippen molar-refractivity contribution in [3.05, 3.63) is 0 Å². The molecule has 3 N–H and O–H groups in total. The third-order valence-electron chi connectivity index (χ3n) is 1.05. The molecule has 0 aromatic heterocycles. The standard InChI is InChI=1S/C7H18N2S/c1-6(9-8)5-10-7(2,3)4/h6,9H,5,8H2,1-4H3. The third-order valence-corrected chi connectivity index (χ3v) is 2.58. The van der Waals surface area contributed by atoms with Gasteiger partial charge < -0.3 is 0 Å². The van der Waals surface area contributed by atoms with Crippen molar-refractivity contribution in [1.82, 2.24) is 5.43 Å². The fraction of sp³-hybridized carbons (Fsp3) is 1.00. The van der Waals surface area contributed by atoms with Crippen molar-refractivity contribution in [2.45, 2.75) is 38.5 Å². The summed E-state index contributed by atoms with van der Waals surface area (Å²) >= 11 is 1.92. The van der Waals surface area contributed by atoms with Gasteiger partial charge in [-0.15, -0.1) is 0 Å². The summed E-state index contributed by atoms with van der Waals surface area (Å²) in [5.74, 6) is 6.31. The molecule has 0 rings (SSSR count). The lowest BCUT2D eigenvalue weighted by Crippen LogP contribution is -2.35. The number of rotatable bonds is 3. The summed E-state index contributed by atoms with van der Waals surface area (Å²) in [7, 11) is 0. The van der Waals surface area contributed by atoms with Gasteiger partial charge in [-0.3, -0.25) is 11.3 Å². The van der Waals surface area contributed by atoms with Gasteiger partial charge in [0, 0.05) is 16.5 Å². The molecule has 1 atom stereocenters. The van der Waals surface area contributed by atoms with Crippen LogP contribution < -0.4 is 11.3 Å². The highest BCUT2D eigenvalue weighted by Crippen LogP contribution is 2.23. The molecule has 10 heavy (non-hydrogen) atoms. The van der Waals surface area contributed by atoms with Gasteiger partial charge in [-0.2, -0.15) is 11.8 Å². The Morgan fingerprint density at radius 3 is 2.30 bits per heavy atom. The molecule has 0 amide bonds. The number of nitrogens with one attached hydrogen (secondary N) is 1. The van der Waals surface area contributed by atoms with Crippen LogP contribution in [0.2, 0.25) is 0 Å². The molecule has 3 heteroatoms. The van der Waals surface area contributed by atoms with Crippen molar-refractivity contribution >= 4 is 11.8 Å². The van der Waals surface area contributed by atoms with Gasteiger partial charge >= 0.3 is 0 Å². The molecule has 0 aromatic carbocycles. The van der Waals surface area contributed by atoms with Gasteiger partial charge in [0.15, 0.2) is 0 Å². The van der Waals surface area contributed by atoms with E-state index in [0.717, 1.165) is 5.75 Å². The second-order valence-corrected chi connectivity index (χ2v) is 5.34. The average molecular weight is 162 g/mol. The molecule has 0 radical (unpaired) electrons. The number of hydrogen-bond acceptors (Lipinski definition) is 3. The molecule has 0 aliphatic carbocycles. The first-order valence-corrected chi connectivity index (χ1v) is 4.54. The maximum absolute atomic E-state index is 5.24. The highest BCUT2D eigenvalue weighted by molar-refractivity contribution is 8.00. The van der Waals surface area contributed by atoms with E-state index >= 15 is 0 Å². The summed E-state index contributed by atoms with van der Waals surface area (Å²) in [6.07, 6.45) is 0. The summed E-state index contributed by atoms with van der Waals surface area (Å²) < 4.78 is 0.352. The molecule has 0 spiro atoms. The lowest BCUT2D eigenvalue weighted by atomic mass is 10.3. The summed E-state index contributed by atoms with van der Waals surface area (Å²) in [6, 6.07) is 0.407. The van der Waals surface area contributed by atoms with Crippen molar-refractivity contribution < 1.29 is 0 Å². The average Bonchev–Trinajstić information content (AvgIpc) is 1.81. The minimum Gasteiger partial charge on any atom is -0.271 e. The number of thioether (sulfide) groups is 1. The zero-order chi connectivity index (χ0) is 8.20. The monoisotopic (exact) mass is 162 g/mol. The second-order valence-electron chi connectivity index (χ2n) is 3.49. The van der Waals surface area contributed by atoms with Crippen molar-refractivity contribution in [3.8, 4) is 0 Å². The molecular weight excluding hydrogens is 144 g/mol. The quantitative estimate of drug-likeness (QED) is 0.486. The molecule has 0 aromatic rings. The Hall–Kier alpha value is 0.270. The predicted octanol–water partition coefficient (Wildman–Crippen LogP) is 1.37. The van der Waals surface area contributed by atoms with E-state index in [4.69, 9.17) is 5.84 Å². The van der Waals surface area contributed by atoms with Crippen LogP contribution in [0.5, 0.6) is 0 Å². The molecule has 0 heterocycles. The highest BCUT2D eigenvalue weighted by atomic mass is 32.2. The predicted molar refractivity (Wildman–Crippen MR) is 49.0 cm³/mol. The first kappa shape index (κ1) is 10.3. The highest BCUT2D eigenvalue weighted by Gasteiger charge is 2.11. The van der Waals surface area contributed by atoms with Crippen LogP contribution in [0.15, 0.2) is 0 Å². The fourth-order valence-electron chi connectivity index (χ4n) is 0.423. The Kier molecular flexibility index (Phi) is 4.32. The molecule has 0 aliphatic rings. The molecule has 0 saturated carbocycles. The largest absolute Gasteiger partial charge is 0.271 e. The van der Waals surface area contributed by atoms with Crippen molar-refractivity contribution in [1.29, 1.82) is 0 Å². The number of nitrogens with two attached hydrogens (primary N) is 1. The van der Waals surface area contributed by atoms with Crippen molar-refractivity contribution in [2.24, 2.45) is 5.84 Å². The van der Waals surface area contributed by atoms with Crippen molar-refractivity contribution in [2.75, 3.05) is 5.75 Å². The number of hydrogen-bond donors (Lipinski definition) is 2. The van der Waals surface area contributed by atoms with E-state index in [1.54, 1.807) is 0 Å². The van der Waals surface area contributed by atoms with Gasteiger partial charge in [-0.1, -0.05) is 20.8 Å². The van der Waals surface area contributed by atoms with Gasteiger partial charge in [0.05, 0.1) is 0 Å². The lowest BCUT2D eigenvalue weighted by Gasteiger charge is -2.19. The van der Waals surface area contributed by atoms with E-state index in [2.05, 4.69) is 33.1 Å². The van der Waals surface area contributed by atoms with Crippen LogP contribution in [0.25, 0.3) is 0 Å². The summed E-state index contributed by atoms with van der Waals surface area (Å²) in [5.41, 5.74) is 2.72. The molecular formula is C7H18N2S. The van der Waals surface area contributed by atoms with E-state index in [1.165, 1.54) is 0 Å². The second kappa shape index (κ2) is 4.21. The maximum Gasteiger partial charge on any atom is 0.0273 e. The first-order chi connectivity index (χ1) is 4.45. The third kappa shape index (κ3) is 6.39. The first-order valence-electron chi connectivity index (χ1n) is 3.56. The van der Waals surface area contributed by atoms with Crippen LogP contribution in [0.3, 0.4) is 0 Å². The molecule has 2 nitrogen and oxygen atoms in total. The van der Waals surface area contributed by atoms with Crippen LogP contribution >= 0.6 is 11.8 Å². The van der Waals surface area contributed by atoms with E-state index in [9.17, 15) is 0 Å². The Morgan fingerprint density at radius 1 is 1.50 bits per heavy atom. The van der Waals surface area contributed by atoms with E-state index < -0.39 is 0 Å². The summed E-state index contributed by atoms with van der Waals surface area (Å²) in [4.78, 5) is 0. The normalized spacial score (nSPS) is 15.3. The van der Waals surface area contributed by atoms with Gasteiger partial charge in [0.25, 0.3) is 0 Å². The minimum atomic E-state index is 0.352. The fourth-order valence-corrected chi connectivity index (χ4v) is 1.27. The molecule has 0 fully saturated rings. The van der Waals surface area contributed by atoms with Gasteiger partial charge in [0.2, 0.25) is 0 Å². The molecule has 1 unspecified atom stereocenters. The van der Waals surface area contributed by atoms with Gasteiger partial charge in [0.1, 0.15) is 0 Å². The molecule has 0 bridgehead atoms. The maximum atomic E-state index is 5.24. The van der Waals surface area contributed by atoms with Crippen LogP contribution in [0, 0.1) is 0 Å². The molecule has 62 valence electrons. The zero-order valence-electron chi connectivity index (χ0n) is 7.27. The zero-order valence-corrected chi connectivity index (χ0v) is 8.09. The Bertz CT molecular complexity index is 88.1. The Morgan fingerprint density at radius 2 is 2.00 bits per heavy atom. The summed E-state index contributed by atoms with van der Waals surface area (Å²) in [6.45, 7) is 8.71. The SMILES string of the molecule is CC(CSC(C)(C)C)NN. The topological polar surface area (TPSA) is 38.0 Å². The van der Waals surface area contributed by atoms with E-state index in [-0.39, 0.29) is 0 Å².